The predicted molar refractivity (Wildman–Crippen MR) is 62.7 cm³/mol. The van der Waals surface area contributed by atoms with Crippen LogP contribution in [0, 0.1) is 6.92 Å². The molecule has 0 fully saturated rings. The van der Waals surface area contributed by atoms with Crippen LogP contribution in [0.3, 0.4) is 0 Å². The number of aryl methyl sites for hydroxylation is 1. The van der Waals surface area contributed by atoms with Gasteiger partial charge in [0.05, 0.1) is 0 Å². The van der Waals surface area contributed by atoms with E-state index in [9.17, 15) is 0 Å². The van der Waals surface area contributed by atoms with Crippen molar-refractivity contribution in [1.82, 2.24) is 15.0 Å². The smallest absolute Gasteiger partial charge is 0.224 e. The van der Waals surface area contributed by atoms with E-state index in [1.165, 1.54) is 0 Å². The molecule has 0 aliphatic rings. The molecule has 5 nitrogen and oxygen atoms in total. The van der Waals surface area contributed by atoms with Crippen molar-refractivity contribution in [3.05, 3.63) is 41.9 Å². The fourth-order valence-electron chi connectivity index (χ4n) is 1.24. The Balaban J connectivity index is 1.99. The second kappa shape index (κ2) is 4.57. The van der Waals surface area contributed by atoms with Crippen LogP contribution < -0.4 is 11.1 Å². The number of hydrogen-bond donors (Lipinski definition) is 2. The van der Waals surface area contributed by atoms with E-state index in [2.05, 4.69) is 20.3 Å². The number of rotatable bonds is 3. The average Bonchev–Trinajstić information content (AvgIpc) is 2.28. The fourth-order valence-corrected chi connectivity index (χ4v) is 1.24. The van der Waals surface area contributed by atoms with E-state index < -0.39 is 0 Å². The molecule has 3 N–H and O–H groups in total. The van der Waals surface area contributed by atoms with Crippen LogP contribution in [0.1, 0.15) is 11.3 Å². The molecule has 0 spiro atoms. The van der Waals surface area contributed by atoms with Crippen LogP contribution in [0.5, 0.6) is 0 Å². The van der Waals surface area contributed by atoms with Gasteiger partial charge in [-0.05, 0) is 24.6 Å². The van der Waals surface area contributed by atoms with Gasteiger partial charge in [-0.3, -0.25) is 4.98 Å². The standard InChI is InChI=1S/C11H13N5/c1-8-2-3-9(6-14-8)7-15-11-13-5-4-10(12)16-11/h2-6H,7H2,1H3,(H3,12,13,15,16). The SMILES string of the molecule is Cc1ccc(CNc2nccc(N)n2)cn1. The Bertz CT molecular complexity index is 466. The summed E-state index contributed by atoms with van der Waals surface area (Å²) < 4.78 is 0. The highest BCUT2D eigenvalue weighted by Gasteiger charge is 1.97. The summed E-state index contributed by atoms with van der Waals surface area (Å²) in [4.78, 5) is 12.3. The van der Waals surface area contributed by atoms with Gasteiger partial charge >= 0.3 is 0 Å². The number of nitrogens with zero attached hydrogens (tertiary/aromatic N) is 3. The van der Waals surface area contributed by atoms with E-state index in [4.69, 9.17) is 5.73 Å². The molecule has 5 heteroatoms. The van der Waals surface area contributed by atoms with Gasteiger partial charge in [0.15, 0.2) is 0 Å². The normalized spacial score (nSPS) is 10.1. The van der Waals surface area contributed by atoms with E-state index in [0.717, 1.165) is 11.3 Å². The summed E-state index contributed by atoms with van der Waals surface area (Å²) in [5.41, 5.74) is 7.63. The van der Waals surface area contributed by atoms with Crippen molar-refractivity contribution in [3.63, 3.8) is 0 Å². The molecule has 0 atom stereocenters. The van der Waals surface area contributed by atoms with E-state index in [-0.39, 0.29) is 0 Å². The lowest BCUT2D eigenvalue weighted by molar-refractivity contribution is 1.04. The molecule has 0 amide bonds. The van der Waals surface area contributed by atoms with E-state index in [1.807, 2.05) is 25.3 Å². The summed E-state index contributed by atoms with van der Waals surface area (Å²) in [6.07, 6.45) is 3.45. The van der Waals surface area contributed by atoms with Crippen molar-refractivity contribution in [1.29, 1.82) is 0 Å². The van der Waals surface area contributed by atoms with Crippen LogP contribution in [0.2, 0.25) is 0 Å². The van der Waals surface area contributed by atoms with Crippen molar-refractivity contribution in [3.8, 4) is 0 Å². The van der Waals surface area contributed by atoms with Gasteiger partial charge in [-0.15, -0.1) is 0 Å². The van der Waals surface area contributed by atoms with Crippen LogP contribution >= 0.6 is 0 Å². The average molecular weight is 215 g/mol. The van der Waals surface area contributed by atoms with E-state index in [0.29, 0.717) is 18.3 Å². The second-order valence-electron chi connectivity index (χ2n) is 3.47. The number of pyridine rings is 1. The van der Waals surface area contributed by atoms with Gasteiger partial charge < -0.3 is 11.1 Å². The molecule has 0 saturated carbocycles. The third kappa shape index (κ3) is 2.66. The van der Waals surface area contributed by atoms with Crippen LogP contribution in [0.4, 0.5) is 11.8 Å². The number of hydrogen-bond acceptors (Lipinski definition) is 5. The van der Waals surface area contributed by atoms with E-state index >= 15 is 0 Å². The quantitative estimate of drug-likeness (QED) is 0.808. The first-order valence-corrected chi connectivity index (χ1v) is 4.98. The zero-order valence-corrected chi connectivity index (χ0v) is 9.01. The highest BCUT2D eigenvalue weighted by atomic mass is 15.1. The Morgan fingerprint density at radius 1 is 1.25 bits per heavy atom. The lowest BCUT2D eigenvalue weighted by atomic mass is 10.2. The molecule has 0 unspecified atom stereocenters. The molecule has 0 aliphatic heterocycles. The van der Waals surface area contributed by atoms with Gasteiger partial charge in [-0.1, -0.05) is 6.07 Å². The maximum atomic E-state index is 5.54. The number of anilines is 2. The molecule has 0 radical (unpaired) electrons. The molecule has 2 heterocycles. The van der Waals surface area contributed by atoms with Crippen molar-refractivity contribution in [2.24, 2.45) is 0 Å². The lowest BCUT2D eigenvalue weighted by Gasteiger charge is -2.04. The minimum Gasteiger partial charge on any atom is -0.384 e. The first-order valence-electron chi connectivity index (χ1n) is 4.98. The highest BCUT2D eigenvalue weighted by molar-refractivity contribution is 5.35. The molecular formula is C11H13N5. The molecule has 0 aliphatic carbocycles. The Kier molecular flexibility index (Phi) is 2.95. The molecule has 82 valence electrons. The van der Waals surface area contributed by atoms with Gasteiger partial charge in [0.1, 0.15) is 5.82 Å². The Morgan fingerprint density at radius 3 is 2.81 bits per heavy atom. The topological polar surface area (TPSA) is 76.7 Å². The van der Waals surface area contributed by atoms with Crippen LogP contribution in [-0.2, 0) is 6.54 Å². The highest BCUT2D eigenvalue weighted by Crippen LogP contribution is 2.05. The van der Waals surface area contributed by atoms with Crippen LogP contribution in [0.25, 0.3) is 0 Å². The molecular weight excluding hydrogens is 202 g/mol. The Morgan fingerprint density at radius 2 is 2.12 bits per heavy atom. The molecule has 0 saturated heterocycles. The largest absolute Gasteiger partial charge is 0.384 e. The van der Waals surface area contributed by atoms with Crippen molar-refractivity contribution >= 4 is 11.8 Å². The zero-order chi connectivity index (χ0) is 11.4. The zero-order valence-electron chi connectivity index (χ0n) is 9.01. The molecule has 2 aromatic heterocycles. The van der Waals surface area contributed by atoms with Gasteiger partial charge in [0.2, 0.25) is 5.95 Å². The van der Waals surface area contributed by atoms with Gasteiger partial charge in [0, 0.05) is 24.6 Å². The fraction of sp³-hybridized carbons (Fsp3) is 0.182. The monoisotopic (exact) mass is 215 g/mol. The summed E-state index contributed by atoms with van der Waals surface area (Å²) in [5.74, 6) is 0.986. The van der Waals surface area contributed by atoms with Crippen LogP contribution in [0.15, 0.2) is 30.6 Å². The molecule has 2 rings (SSSR count). The first kappa shape index (κ1) is 10.4. The summed E-state index contributed by atoms with van der Waals surface area (Å²) in [6.45, 7) is 2.59. The summed E-state index contributed by atoms with van der Waals surface area (Å²) in [6, 6.07) is 5.64. The maximum absolute atomic E-state index is 5.54. The Labute approximate surface area is 93.8 Å². The van der Waals surface area contributed by atoms with Gasteiger partial charge in [-0.25, -0.2) is 4.98 Å². The van der Waals surface area contributed by atoms with Crippen molar-refractivity contribution in [2.45, 2.75) is 13.5 Å². The first-order chi connectivity index (χ1) is 7.74. The third-order valence-electron chi connectivity index (χ3n) is 2.10. The predicted octanol–water partition coefficient (Wildman–Crippen LogP) is 1.37. The second-order valence-corrected chi connectivity index (χ2v) is 3.47. The minimum atomic E-state index is 0.458. The van der Waals surface area contributed by atoms with E-state index in [1.54, 1.807) is 12.3 Å². The summed E-state index contributed by atoms with van der Waals surface area (Å²) in [7, 11) is 0. The molecule has 2 aromatic rings. The summed E-state index contributed by atoms with van der Waals surface area (Å²) in [5, 5.41) is 3.08. The number of nitrogen functional groups attached to an aromatic ring is 1. The maximum Gasteiger partial charge on any atom is 0.224 e. The van der Waals surface area contributed by atoms with Crippen molar-refractivity contribution < 1.29 is 0 Å². The molecule has 0 bridgehead atoms. The van der Waals surface area contributed by atoms with Gasteiger partial charge in [0.25, 0.3) is 0 Å². The van der Waals surface area contributed by atoms with Crippen molar-refractivity contribution in [2.75, 3.05) is 11.1 Å². The van der Waals surface area contributed by atoms with Crippen LogP contribution in [-0.4, -0.2) is 15.0 Å². The number of nitrogens with one attached hydrogen (secondary N) is 1. The molecule has 16 heavy (non-hydrogen) atoms. The minimum absolute atomic E-state index is 0.458. The third-order valence-corrected chi connectivity index (χ3v) is 2.10. The Hall–Kier alpha value is -2.17. The van der Waals surface area contributed by atoms with Gasteiger partial charge in [-0.2, -0.15) is 4.98 Å². The lowest BCUT2D eigenvalue weighted by Crippen LogP contribution is -2.05. The summed E-state index contributed by atoms with van der Waals surface area (Å²) >= 11 is 0. The number of aromatic nitrogens is 3. The number of nitrogens with two attached hydrogens (primary N) is 1. The molecule has 0 aromatic carbocycles.